The lowest BCUT2D eigenvalue weighted by atomic mass is 10.1. The first kappa shape index (κ1) is 16.2. The average Bonchev–Trinajstić information content (AvgIpc) is 3.04. The zero-order chi connectivity index (χ0) is 17.4. The van der Waals surface area contributed by atoms with Gasteiger partial charge in [0.15, 0.2) is 0 Å². The average molecular weight is 359 g/mol. The van der Waals surface area contributed by atoms with Gasteiger partial charge < -0.3 is 19.8 Å². The molecule has 0 atom stereocenters. The Morgan fingerprint density at radius 3 is 2.84 bits per heavy atom. The molecule has 0 radical (unpaired) electrons. The zero-order valence-electron chi connectivity index (χ0n) is 13.9. The molecule has 1 aliphatic heterocycles. The summed E-state index contributed by atoms with van der Waals surface area (Å²) in [5.74, 6) is 0.637. The van der Waals surface area contributed by atoms with Crippen LogP contribution >= 0.6 is 11.6 Å². The molecule has 1 saturated heterocycles. The Bertz CT molecular complexity index is 919. The van der Waals surface area contributed by atoms with Crippen LogP contribution in [-0.4, -0.2) is 34.9 Å². The van der Waals surface area contributed by atoms with Crippen LogP contribution in [0.25, 0.3) is 22.2 Å². The van der Waals surface area contributed by atoms with Crippen LogP contribution in [-0.2, 0) is 4.74 Å². The maximum atomic E-state index is 6.42. The lowest BCUT2D eigenvalue weighted by Crippen LogP contribution is -2.19. The Balaban J connectivity index is 1.92. The molecule has 0 unspecified atom stereocenters. The van der Waals surface area contributed by atoms with Crippen molar-refractivity contribution in [1.29, 1.82) is 0 Å². The van der Waals surface area contributed by atoms with Crippen molar-refractivity contribution < 1.29 is 9.47 Å². The van der Waals surface area contributed by atoms with E-state index in [1.807, 2.05) is 18.2 Å². The van der Waals surface area contributed by atoms with Gasteiger partial charge in [-0.1, -0.05) is 17.7 Å². The summed E-state index contributed by atoms with van der Waals surface area (Å²) in [6, 6.07) is 6.06. The zero-order valence-corrected chi connectivity index (χ0v) is 14.7. The predicted molar refractivity (Wildman–Crippen MR) is 98.0 cm³/mol. The van der Waals surface area contributed by atoms with Crippen LogP contribution in [0.2, 0.25) is 5.15 Å². The molecule has 0 aliphatic carbocycles. The number of halogens is 1. The minimum Gasteiger partial charge on any atom is -0.495 e. The number of ether oxygens (including phenoxy) is 2. The molecule has 2 aromatic heterocycles. The second-order valence-electron chi connectivity index (χ2n) is 6.11. The van der Waals surface area contributed by atoms with E-state index in [2.05, 4.69) is 20.7 Å². The topological polar surface area (TPSA) is 75.2 Å². The number of nitrogens with two attached hydrogens (primary N) is 1. The molecule has 0 saturated carbocycles. The normalized spacial score (nSPS) is 15.6. The van der Waals surface area contributed by atoms with E-state index in [9.17, 15) is 0 Å². The quantitative estimate of drug-likeness (QED) is 0.570. The van der Waals surface area contributed by atoms with Crippen LogP contribution in [0.15, 0.2) is 30.7 Å². The Labute approximate surface area is 150 Å². The number of rotatable bonds is 3. The van der Waals surface area contributed by atoms with Gasteiger partial charge in [-0.2, -0.15) is 0 Å². The number of benzene rings is 1. The third-order valence-electron chi connectivity index (χ3n) is 4.69. The third kappa shape index (κ3) is 2.81. The molecule has 130 valence electrons. The van der Waals surface area contributed by atoms with Crippen molar-refractivity contribution in [2.45, 2.75) is 18.9 Å². The molecule has 0 spiro atoms. The molecule has 25 heavy (non-hydrogen) atoms. The van der Waals surface area contributed by atoms with Crippen molar-refractivity contribution in [1.82, 2.24) is 14.5 Å². The molecule has 3 aromatic rings. The van der Waals surface area contributed by atoms with Crippen LogP contribution in [0.3, 0.4) is 0 Å². The van der Waals surface area contributed by atoms with Gasteiger partial charge in [0.2, 0.25) is 0 Å². The molecule has 0 bridgehead atoms. The Morgan fingerprint density at radius 2 is 2.08 bits per heavy atom. The van der Waals surface area contributed by atoms with Gasteiger partial charge in [-0.05, 0) is 30.5 Å². The van der Waals surface area contributed by atoms with Crippen LogP contribution in [0.4, 0.5) is 5.69 Å². The lowest BCUT2D eigenvalue weighted by Gasteiger charge is -2.24. The minimum atomic E-state index is 0.339. The molecule has 1 fully saturated rings. The summed E-state index contributed by atoms with van der Waals surface area (Å²) in [5, 5.41) is 1.30. The predicted octanol–water partition coefficient (Wildman–Crippen LogP) is 3.69. The van der Waals surface area contributed by atoms with Crippen molar-refractivity contribution in [3.05, 3.63) is 35.9 Å². The van der Waals surface area contributed by atoms with E-state index < -0.39 is 0 Å². The van der Waals surface area contributed by atoms with E-state index in [-0.39, 0.29) is 0 Å². The second kappa shape index (κ2) is 6.54. The molecular formula is C18H19ClN4O2. The first-order valence-corrected chi connectivity index (χ1v) is 8.59. The van der Waals surface area contributed by atoms with Crippen LogP contribution < -0.4 is 10.5 Å². The Kier molecular flexibility index (Phi) is 4.23. The molecule has 1 aliphatic rings. The first-order chi connectivity index (χ1) is 12.2. The monoisotopic (exact) mass is 358 g/mol. The molecule has 6 nitrogen and oxygen atoms in total. The van der Waals surface area contributed by atoms with Crippen molar-refractivity contribution in [2.24, 2.45) is 0 Å². The maximum absolute atomic E-state index is 6.42. The fraction of sp³-hybridized carbons (Fsp3) is 0.333. The number of nitrogens with zero attached hydrogens (tertiary/aromatic N) is 3. The Hall–Kier alpha value is -2.31. The van der Waals surface area contributed by atoms with E-state index in [1.54, 1.807) is 7.11 Å². The maximum Gasteiger partial charge on any atom is 0.145 e. The summed E-state index contributed by atoms with van der Waals surface area (Å²) in [4.78, 5) is 8.67. The molecule has 2 N–H and O–H groups in total. The largest absolute Gasteiger partial charge is 0.495 e. The van der Waals surface area contributed by atoms with Crippen molar-refractivity contribution in [3.63, 3.8) is 0 Å². The summed E-state index contributed by atoms with van der Waals surface area (Å²) in [6.07, 6.45) is 5.52. The summed E-state index contributed by atoms with van der Waals surface area (Å²) in [7, 11) is 1.61. The van der Waals surface area contributed by atoms with Crippen LogP contribution in [0.5, 0.6) is 5.75 Å². The van der Waals surface area contributed by atoms with E-state index in [1.165, 1.54) is 6.33 Å². The highest BCUT2D eigenvalue weighted by Gasteiger charge is 2.22. The fourth-order valence-electron chi connectivity index (χ4n) is 3.39. The van der Waals surface area contributed by atoms with E-state index in [4.69, 9.17) is 26.8 Å². The number of aromatic nitrogens is 3. The third-order valence-corrected chi connectivity index (χ3v) is 4.98. The van der Waals surface area contributed by atoms with Crippen molar-refractivity contribution in [2.75, 3.05) is 26.1 Å². The van der Waals surface area contributed by atoms with Gasteiger partial charge in [-0.25, -0.2) is 9.97 Å². The highest BCUT2D eigenvalue weighted by molar-refractivity contribution is 6.35. The highest BCUT2D eigenvalue weighted by Crippen LogP contribution is 2.38. The smallest absolute Gasteiger partial charge is 0.145 e. The number of hydrogen-bond donors (Lipinski definition) is 1. The lowest BCUT2D eigenvalue weighted by molar-refractivity contribution is 0.0706. The number of hydrogen-bond acceptors (Lipinski definition) is 5. The first-order valence-electron chi connectivity index (χ1n) is 8.21. The van der Waals surface area contributed by atoms with Crippen molar-refractivity contribution in [3.8, 4) is 16.9 Å². The van der Waals surface area contributed by atoms with Crippen molar-refractivity contribution >= 4 is 28.3 Å². The van der Waals surface area contributed by atoms with Crippen LogP contribution in [0, 0.1) is 0 Å². The number of fused-ring (bicyclic) bond motifs is 1. The molecule has 0 amide bonds. The van der Waals surface area contributed by atoms with E-state index in [0.29, 0.717) is 22.6 Å². The SMILES string of the molecule is COc1cc(-c2cn(C3CCOCC3)c3ncnc(Cl)c23)ccc1N. The molecule has 1 aromatic carbocycles. The van der Waals surface area contributed by atoms with Gasteiger partial charge in [0.1, 0.15) is 22.9 Å². The van der Waals surface area contributed by atoms with E-state index in [0.717, 1.165) is 48.2 Å². The molecule has 4 rings (SSSR count). The summed E-state index contributed by atoms with van der Waals surface area (Å²) >= 11 is 6.42. The Morgan fingerprint density at radius 1 is 1.28 bits per heavy atom. The standard InChI is InChI=1S/C18H19ClN4O2/c1-24-15-8-11(2-3-14(15)20)13-9-23(12-4-6-25-7-5-12)18-16(13)17(19)21-10-22-18/h2-3,8-10,12H,4-7,20H2,1H3. The van der Waals surface area contributed by atoms with Gasteiger partial charge >= 0.3 is 0 Å². The highest BCUT2D eigenvalue weighted by atomic mass is 35.5. The summed E-state index contributed by atoms with van der Waals surface area (Å²) in [6.45, 7) is 1.52. The van der Waals surface area contributed by atoms with Gasteiger partial charge in [0, 0.05) is 31.0 Å². The molecular weight excluding hydrogens is 340 g/mol. The number of nitrogen functional groups attached to an aromatic ring is 1. The fourth-order valence-corrected chi connectivity index (χ4v) is 3.62. The van der Waals surface area contributed by atoms with Gasteiger partial charge in [0.25, 0.3) is 0 Å². The van der Waals surface area contributed by atoms with Gasteiger partial charge in [-0.3, -0.25) is 0 Å². The number of anilines is 1. The summed E-state index contributed by atoms with van der Waals surface area (Å²) in [5.41, 5.74) is 9.34. The summed E-state index contributed by atoms with van der Waals surface area (Å²) < 4.78 is 13.0. The molecule has 7 heteroatoms. The number of methoxy groups -OCH3 is 1. The second-order valence-corrected chi connectivity index (χ2v) is 6.47. The minimum absolute atomic E-state index is 0.339. The van der Waals surface area contributed by atoms with Gasteiger partial charge in [-0.15, -0.1) is 0 Å². The molecule has 3 heterocycles. The van der Waals surface area contributed by atoms with Gasteiger partial charge in [0.05, 0.1) is 18.2 Å². The van der Waals surface area contributed by atoms with E-state index >= 15 is 0 Å². The van der Waals surface area contributed by atoms with Crippen LogP contribution in [0.1, 0.15) is 18.9 Å².